The predicted molar refractivity (Wildman–Crippen MR) is 114 cm³/mol. The second-order valence-corrected chi connectivity index (χ2v) is 7.01. The van der Waals surface area contributed by atoms with E-state index in [1.807, 2.05) is 0 Å². The van der Waals surface area contributed by atoms with Crippen LogP contribution in [0.15, 0.2) is 58.5 Å². The number of para-hydroxylation sites is 1. The normalized spacial score (nSPS) is 11.1. The summed E-state index contributed by atoms with van der Waals surface area (Å²) in [6, 6.07) is 14.3. The van der Waals surface area contributed by atoms with Crippen molar-refractivity contribution in [2.45, 2.75) is 6.92 Å². The number of nitriles is 1. The van der Waals surface area contributed by atoms with Crippen LogP contribution in [-0.4, -0.2) is 10.8 Å². The third kappa shape index (κ3) is 4.51. The van der Waals surface area contributed by atoms with Crippen LogP contribution in [0.1, 0.15) is 11.3 Å². The van der Waals surface area contributed by atoms with Crippen LogP contribution in [0.25, 0.3) is 17.4 Å². The molecule has 0 saturated heterocycles. The molecule has 0 bridgehead atoms. The van der Waals surface area contributed by atoms with Crippen molar-refractivity contribution in [3.05, 3.63) is 85.6 Å². The lowest BCUT2D eigenvalue weighted by molar-refractivity contribution is -0.384. The summed E-state index contributed by atoms with van der Waals surface area (Å²) in [5.74, 6) is -0.316. The molecular weight excluding hydrogens is 429 g/mol. The van der Waals surface area contributed by atoms with Gasteiger partial charge >= 0.3 is 0 Å². The predicted octanol–water partition coefficient (Wildman–Crippen LogP) is 6.02. The van der Waals surface area contributed by atoms with Gasteiger partial charge in [0, 0.05) is 12.1 Å². The Morgan fingerprint density at radius 2 is 1.90 bits per heavy atom. The van der Waals surface area contributed by atoms with Crippen LogP contribution < -0.4 is 5.32 Å². The largest absolute Gasteiger partial charge is 0.456 e. The van der Waals surface area contributed by atoms with Gasteiger partial charge in [0.1, 0.15) is 23.2 Å². The molecule has 1 amide bonds. The van der Waals surface area contributed by atoms with Gasteiger partial charge in [-0.25, -0.2) is 0 Å². The molecule has 3 rings (SSSR count). The number of aryl methyl sites for hydroxylation is 1. The maximum atomic E-state index is 12.5. The smallest absolute Gasteiger partial charge is 0.280 e. The van der Waals surface area contributed by atoms with Gasteiger partial charge in [-0.05, 0) is 42.8 Å². The zero-order valence-electron chi connectivity index (χ0n) is 15.5. The van der Waals surface area contributed by atoms with Gasteiger partial charge in [0.2, 0.25) is 0 Å². The van der Waals surface area contributed by atoms with Crippen molar-refractivity contribution < 1.29 is 14.1 Å². The number of amides is 1. The van der Waals surface area contributed by atoms with E-state index in [-0.39, 0.29) is 44.1 Å². The summed E-state index contributed by atoms with van der Waals surface area (Å²) in [5.41, 5.74) is 0.842. The molecule has 0 saturated carbocycles. The Kier molecular flexibility index (Phi) is 6.21. The van der Waals surface area contributed by atoms with E-state index in [2.05, 4.69) is 5.32 Å². The average molecular weight is 442 g/mol. The number of carbonyl (C=O) groups excluding carboxylic acids is 1. The van der Waals surface area contributed by atoms with Gasteiger partial charge in [-0.2, -0.15) is 5.26 Å². The lowest BCUT2D eigenvalue weighted by Crippen LogP contribution is -2.14. The third-order valence-corrected chi connectivity index (χ3v) is 4.73. The van der Waals surface area contributed by atoms with Crippen molar-refractivity contribution in [3.8, 4) is 17.4 Å². The van der Waals surface area contributed by atoms with Crippen LogP contribution in [0.3, 0.4) is 0 Å². The fourth-order valence-corrected chi connectivity index (χ4v) is 3.16. The monoisotopic (exact) mass is 441 g/mol. The maximum Gasteiger partial charge on any atom is 0.280 e. The molecule has 0 atom stereocenters. The van der Waals surface area contributed by atoms with Crippen molar-refractivity contribution >= 4 is 46.6 Å². The minimum Gasteiger partial charge on any atom is -0.456 e. The number of halogens is 2. The Balaban J connectivity index is 1.90. The van der Waals surface area contributed by atoms with Crippen molar-refractivity contribution in [3.63, 3.8) is 0 Å². The molecule has 1 heterocycles. The van der Waals surface area contributed by atoms with Gasteiger partial charge in [0.15, 0.2) is 0 Å². The zero-order chi connectivity index (χ0) is 21.8. The second kappa shape index (κ2) is 8.82. The number of nitrogens with one attached hydrogen (secondary N) is 1. The molecule has 1 aromatic heterocycles. The molecule has 9 heteroatoms. The fraction of sp³-hybridized carbons (Fsp3) is 0.0476. The van der Waals surface area contributed by atoms with Gasteiger partial charge in [0.05, 0.1) is 26.2 Å². The van der Waals surface area contributed by atoms with E-state index in [4.69, 9.17) is 27.6 Å². The standard InChI is InChI=1S/C21H13Cl2N3O4/c1-12-5-7-15(18(9-12)26(28)29)19-8-6-14(30-19)10-13(11-24)21(27)25-20-16(22)3-2-4-17(20)23/h2-10H,1H3,(H,25,27)/b13-10+. The van der Waals surface area contributed by atoms with Gasteiger partial charge in [-0.3, -0.25) is 14.9 Å². The molecule has 1 N–H and O–H groups in total. The summed E-state index contributed by atoms with van der Waals surface area (Å²) < 4.78 is 5.62. The summed E-state index contributed by atoms with van der Waals surface area (Å²) in [4.78, 5) is 23.3. The van der Waals surface area contributed by atoms with E-state index in [9.17, 15) is 20.2 Å². The lowest BCUT2D eigenvalue weighted by Gasteiger charge is -2.08. The Morgan fingerprint density at radius 3 is 2.53 bits per heavy atom. The average Bonchev–Trinajstić information content (AvgIpc) is 3.17. The minimum absolute atomic E-state index is 0.105. The van der Waals surface area contributed by atoms with Crippen LogP contribution in [0, 0.1) is 28.4 Å². The first-order valence-corrected chi connectivity index (χ1v) is 9.28. The second-order valence-electron chi connectivity index (χ2n) is 6.20. The van der Waals surface area contributed by atoms with Crippen LogP contribution in [0.5, 0.6) is 0 Å². The van der Waals surface area contributed by atoms with E-state index in [0.717, 1.165) is 5.56 Å². The minimum atomic E-state index is -0.730. The first kappa shape index (κ1) is 21.1. The molecule has 0 aliphatic heterocycles. The quantitative estimate of drug-likeness (QED) is 0.225. The molecule has 0 fully saturated rings. The molecule has 30 heavy (non-hydrogen) atoms. The van der Waals surface area contributed by atoms with Gasteiger partial charge < -0.3 is 9.73 Å². The van der Waals surface area contributed by atoms with Crippen molar-refractivity contribution in [1.29, 1.82) is 5.26 Å². The highest BCUT2D eigenvalue weighted by Gasteiger charge is 2.19. The maximum absolute atomic E-state index is 12.5. The van der Waals surface area contributed by atoms with Crippen LogP contribution in [0.4, 0.5) is 11.4 Å². The van der Waals surface area contributed by atoms with Crippen molar-refractivity contribution in [2.75, 3.05) is 5.32 Å². The summed E-state index contributed by atoms with van der Waals surface area (Å²) in [6.45, 7) is 1.75. The summed E-state index contributed by atoms with van der Waals surface area (Å²) in [5, 5.41) is 23.6. The van der Waals surface area contributed by atoms with E-state index in [1.165, 1.54) is 24.3 Å². The number of anilines is 1. The third-order valence-electron chi connectivity index (χ3n) is 4.10. The Hall–Kier alpha value is -3.60. The number of nitro groups is 1. The molecule has 0 radical (unpaired) electrons. The zero-order valence-corrected chi connectivity index (χ0v) is 17.0. The summed E-state index contributed by atoms with van der Waals surface area (Å²) >= 11 is 12.1. The number of furan rings is 1. The number of nitro benzene ring substituents is 1. The van der Waals surface area contributed by atoms with Crippen LogP contribution in [-0.2, 0) is 4.79 Å². The highest BCUT2D eigenvalue weighted by Crippen LogP contribution is 2.33. The molecule has 0 spiro atoms. The number of carbonyl (C=O) groups is 1. The Morgan fingerprint density at radius 1 is 1.20 bits per heavy atom. The number of hydrogen-bond acceptors (Lipinski definition) is 5. The van der Waals surface area contributed by atoms with Crippen LogP contribution in [0.2, 0.25) is 10.0 Å². The van der Waals surface area contributed by atoms with E-state index >= 15 is 0 Å². The molecule has 150 valence electrons. The molecule has 7 nitrogen and oxygen atoms in total. The van der Waals surface area contributed by atoms with E-state index in [1.54, 1.807) is 43.3 Å². The highest BCUT2D eigenvalue weighted by atomic mass is 35.5. The summed E-state index contributed by atoms with van der Waals surface area (Å²) in [6.07, 6.45) is 1.23. The highest BCUT2D eigenvalue weighted by molar-refractivity contribution is 6.40. The number of nitrogens with zero attached hydrogens (tertiary/aromatic N) is 2. The fourth-order valence-electron chi connectivity index (χ4n) is 2.67. The first-order valence-electron chi connectivity index (χ1n) is 8.52. The molecule has 0 aliphatic rings. The van der Waals surface area contributed by atoms with Crippen molar-refractivity contribution in [2.24, 2.45) is 0 Å². The Bertz CT molecular complexity index is 1200. The molecule has 0 unspecified atom stereocenters. The lowest BCUT2D eigenvalue weighted by atomic mass is 10.1. The molecule has 3 aromatic rings. The molecule has 0 aliphatic carbocycles. The van der Waals surface area contributed by atoms with Gasteiger partial charge in [-0.1, -0.05) is 35.3 Å². The van der Waals surface area contributed by atoms with E-state index < -0.39 is 10.8 Å². The topological polar surface area (TPSA) is 109 Å². The van der Waals surface area contributed by atoms with E-state index in [0.29, 0.717) is 0 Å². The van der Waals surface area contributed by atoms with Gasteiger partial charge in [0.25, 0.3) is 11.6 Å². The first-order chi connectivity index (χ1) is 14.3. The number of benzene rings is 2. The van der Waals surface area contributed by atoms with Gasteiger partial charge in [-0.15, -0.1) is 0 Å². The molecular formula is C21H13Cl2N3O4. The molecule has 2 aromatic carbocycles. The summed E-state index contributed by atoms with van der Waals surface area (Å²) in [7, 11) is 0. The van der Waals surface area contributed by atoms with Crippen molar-refractivity contribution in [1.82, 2.24) is 0 Å². The number of hydrogen-bond donors (Lipinski definition) is 1. The number of rotatable bonds is 5. The van der Waals surface area contributed by atoms with Crippen LogP contribution >= 0.6 is 23.2 Å². The SMILES string of the molecule is Cc1ccc(-c2ccc(/C=C(\C#N)C(=O)Nc3c(Cl)cccc3Cl)o2)c([N+](=O)[O-])c1. The Labute approximate surface area is 181 Å².